The number of ketones is 1. The van der Waals surface area contributed by atoms with Crippen molar-refractivity contribution in [3.05, 3.63) is 76.2 Å². The molecule has 176 valence electrons. The molecular weight excluding hydrogens is 459 g/mol. The van der Waals surface area contributed by atoms with Crippen LogP contribution in [0.5, 0.6) is 0 Å². The van der Waals surface area contributed by atoms with Crippen molar-refractivity contribution < 1.29 is 14.0 Å². The molecule has 4 rings (SSSR count). The molecule has 1 fully saturated rings. The predicted octanol–water partition coefficient (Wildman–Crippen LogP) is 3.31. The highest BCUT2D eigenvalue weighted by molar-refractivity contribution is 6.30. The maximum absolute atomic E-state index is 13.3. The number of anilines is 3. The zero-order valence-electron chi connectivity index (χ0n) is 18.6. The van der Waals surface area contributed by atoms with Crippen molar-refractivity contribution in [2.45, 2.75) is 13.5 Å². The highest BCUT2D eigenvalue weighted by Crippen LogP contribution is 2.21. The largest absolute Gasteiger partial charge is 0.383 e. The lowest BCUT2D eigenvalue weighted by Crippen LogP contribution is -2.47. The number of nitrogens with one attached hydrogen (secondary N) is 1. The van der Waals surface area contributed by atoms with Gasteiger partial charge in [0.15, 0.2) is 5.78 Å². The highest BCUT2D eigenvalue weighted by Gasteiger charge is 2.21. The number of hydrogen-bond donors (Lipinski definition) is 2. The maximum Gasteiger partial charge on any atom is 0.256 e. The molecule has 10 heteroatoms. The molecule has 3 aromatic rings. The van der Waals surface area contributed by atoms with E-state index in [4.69, 9.17) is 17.3 Å². The smallest absolute Gasteiger partial charge is 0.256 e. The van der Waals surface area contributed by atoms with Crippen LogP contribution in [0, 0.1) is 5.82 Å². The highest BCUT2D eigenvalue weighted by atomic mass is 35.5. The van der Waals surface area contributed by atoms with E-state index >= 15 is 0 Å². The average molecular weight is 483 g/mol. The summed E-state index contributed by atoms with van der Waals surface area (Å²) in [4.78, 5) is 36.9. The van der Waals surface area contributed by atoms with E-state index in [-0.39, 0.29) is 28.7 Å². The number of halogens is 2. The van der Waals surface area contributed by atoms with E-state index < -0.39 is 11.7 Å². The standard InChI is InChI=1S/C24H24ClFN6O2/c1-15(33)17-3-5-18(6-4-17)31-8-10-32(11-9-31)24-29-14-19(22(27)30-24)23(34)28-13-16-2-7-21(26)20(25)12-16/h2-7,12,14H,8-11,13H2,1H3,(H,28,34)(H2,27,29,30). The molecule has 0 atom stereocenters. The summed E-state index contributed by atoms with van der Waals surface area (Å²) in [7, 11) is 0. The van der Waals surface area contributed by atoms with Crippen LogP contribution >= 0.6 is 11.6 Å². The fourth-order valence-corrected chi connectivity index (χ4v) is 3.91. The van der Waals surface area contributed by atoms with Gasteiger partial charge in [0.2, 0.25) is 5.95 Å². The monoisotopic (exact) mass is 482 g/mol. The minimum atomic E-state index is -0.517. The Balaban J connectivity index is 1.35. The molecule has 1 aliphatic rings. The van der Waals surface area contributed by atoms with Crippen LogP contribution in [0.3, 0.4) is 0 Å². The van der Waals surface area contributed by atoms with Crippen LogP contribution in [0.2, 0.25) is 5.02 Å². The first-order valence-corrected chi connectivity index (χ1v) is 11.1. The number of piperazine rings is 1. The van der Waals surface area contributed by atoms with Crippen molar-refractivity contribution >= 4 is 40.7 Å². The second-order valence-electron chi connectivity index (χ2n) is 7.98. The van der Waals surface area contributed by atoms with Gasteiger partial charge in [0.25, 0.3) is 5.91 Å². The minimum Gasteiger partial charge on any atom is -0.383 e. The second-order valence-corrected chi connectivity index (χ2v) is 8.38. The number of rotatable bonds is 6. The third-order valence-electron chi connectivity index (χ3n) is 5.69. The SMILES string of the molecule is CC(=O)c1ccc(N2CCN(c3ncc(C(=O)NCc4ccc(F)c(Cl)c4)c(N)n3)CC2)cc1. The quantitative estimate of drug-likeness (QED) is 0.519. The lowest BCUT2D eigenvalue weighted by molar-refractivity contribution is 0.0950. The normalized spacial score (nSPS) is 13.6. The predicted molar refractivity (Wildman–Crippen MR) is 130 cm³/mol. The van der Waals surface area contributed by atoms with Crippen molar-refractivity contribution in [2.24, 2.45) is 0 Å². The summed E-state index contributed by atoms with van der Waals surface area (Å²) in [5.74, 6) is -0.351. The van der Waals surface area contributed by atoms with Gasteiger partial charge in [-0.15, -0.1) is 0 Å². The van der Waals surface area contributed by atoms with Crippen molar-refractivity contribution in [3.8, 4) is 0 Å². The van der Waals surface area contributed by atoms with Crippen LogP contribution in [0.1, 0.15) is 33.2 Å². The van der Waals surface area contributed by atoms with Gasteiger partial charge in [-0.3, -0.25) is 9.59 Å². The first-order valence-electron chi connectivity index (χ1n) is 10.8. The van der Waals surface area contributed by atoms with Crippen molar-refractivity contribution in [2.75, 3.05) is 41.7 Å². The van der Waals surface area contributed by atoms with Crippen LogP contribution in [-0.4, -0.2) is 47.8 Å². The minimum absolute atomic E-state index is 0.00729. The molecule has 0 radical (unpaired) electrons. The molecule has 2 aromatic carbocycles. The third kappa shape index (κ3) is 5.26. The molecule has 0 saturated carbocycles. The van der Waals surface area contributed by atoms with E-state index in [0.29, 0.717) is 30.2 Å². The van der Waals surface area contributed by atoms with Gasteiger partial charge in [0.05, 0.1) is 10.6 Å². The number of benzene rings is 2. The van der Waals surface area contributed by atoms with Crippen LogP contribution in [0.25, 0.3) is 0 Å². The Hall–Kier alpha value is -3.72. The zero-order valence-corrected chi connectivity index (χ0v) is 19.3. The number of aromatic nitrogens is 2. The summed E-state index contributed by atoms with van der Waals surface area (Å²) in [6, 6.07) is 11.8. The van der Waals surface area contributed by atoms with Crippen molar-refractivity contribution in [1.82, 2.24) is 15.3 Å². The molecule has 1 aromatic heterocycles. The molecule has 0 unspecified atom stereocenters. The number of hydrogen-bond acceptors (Lipinski definition) is 7. The maximum atomic E-state index is 13.3. The summed E-state index contributed by atoms with van der Waals surface area (Å²) in [6.07, 6.45) is 1.41. The van der Waals surface area contributed by atoms with Crippen molar-refractivity contribution in [1.29, 1.82) is 0 Å². The lowest BCUT2D eigenvalue weighted by Gasteiger charge is -2.36. The van der Waals surface area contributed by atoms with Gasteiger partial charge in [-0.1, -0.05) is 17.7 Å². The first kappa shape index (κ1) is 23.4. The van der Waals surface area contributed by atoms with Gasteiger partial charge >= 0.3 is 0 Å². The van der Waals surface area contributed by atoms with Gasteiger partial charge in [-0.25, -0.2) is 9.37 Å². The molecule has 3 N–H and O–H groups in total. The molecule has 2 heterocycles. The van der Waals surface area contributed by atoms with E-state index in [9.17, 15) is 14.0 Å². The van der Waals surface area contributed by atoms with E-state index in [0.717, 1.165) is 18.8 Å². The Labute approximate surface area is 201 Å². The number of nitrogens with two attached hydrogens (primary N) is 1. The number of carbonyl (C=O) groups excluding carboxylic acids is 2. The second kappa shape index (κ2) is 10.0. The van der Waals surface area contributed by atoms with Crippen LogP contribution < -0.4 is 20.9 Å². The van der Waals surface area contributed by atoms with E-state index in [1.807, 2.05) is 29.2 Å². The molecule has 8 nitrogen and oxygen atoms in total. The Kier molecular flexibility index (Phi) is 6.93. The summed E-state index contributed by atoms with van der Waals surface area (Å²) < 4.78 is 13.3. The number of carbonyl (C=O) groups is 2. The van der Waals surface area contributed by atoms with Gasteiger partial charge < -0.3 is 20.9 Å². The number of nitrogens with zero attached hydrogens (tertiary/aromatic N) is 4. The van der Waals surface area contributed by atoms with Gasteiger partial charge in [-0.2, -0.15) is 4.98 Å². The first-order chi connectivity index (χ1) is 16.3. The molecule has 0 aliphatic carbocycles. The summed E-state index contributed by atoms with van der Waals surface area (Å²) in [5, 5.41) is 2.71. The molecule has 1 amide bonds. The van der Waals surface area contributed by atoms with Crippen LogP contribution in [0.15, 0.2) is 48.7 Å². The molecule has 1 aliphatic heterocycles. The topological polar surface area (TPSA) is 104 Å². The molecule has 34 heavy (non-hydrogen) atoms. The van der Waals surface area contributed by atoms with Gasteiger partial charge in [-0.05, 0) is 48.9 Å². The third-order valence-corrected chi connectivity index (χ3v) is 5.98. The molecule has 1 saturated heterocycles. The number of nitrogen functional groups attached to an aromatic ring is 1. The van der Waals surface area contributed by atoms with Crippen LogP contribution in [0.4, 0.5) is 21.8 Å². The van der Waals surface area contributed by atoms with Gasteiger partial charge in [0, 0.05) is 50.2 Å². The summed E-state index contributed by atoms with van der Waals surface area (Å²) in [5.41, 5.74) is 8.62. The Bertz CT molecular complexity index is 1210. The lowest BCUT2D eigenvalue weighted by atomic mass is 10.1. The van der Waals surface area contributed by atoms with Crippen molar-refractivity contribution in [3.63, 3.8) is 0 Å². The average Bonchev–Trinajstić information content (AvgIpc) is 2.84. The van der Waals surface area contributed by atoms with Gasteiger partial charge in [0.1, 0.15) is 11.6 Å². The van der Waals surface area contributed by atoms with Crippen LogP contribution in [-0.2, 0) is 6.54 Å². The summed E-state index contributed by atoms with van der Waals surface area (Å²) in [6.45, 7) is 4.59. The Morgan fingerprint density at radius 2 is 1.76 bits per heavy atom. The molecule has 0 bridgehead atoms. The fraction of sp³-hybridized carbons (Fsp3) is 0.250. The Morgan fingerprint density at radius 3 is 2.38 bits per heavy atom. The number of Topliss-reactive ketones (excluding diaryl/α,β-unsaturated/α-hetero) is 1. The van der Waals surface area contributed by atoms with E-state index in [1.165, 1.54) is 18.3 Å². The summed E-state index contributed by atoms with van der Waals surface area (Å²) >= 11 is 5.78. The van der Waals surface area contributed by atoms with E-state index in [2.05, 4.69) is 20.2 Å². The molecular formula is C24H24ClFN6O2. The fourth-order valence-electron chi connectivity index (χ4n) is 3.71. The Morgan fingerprint density at radius 1 is 1.09 bits per heavy atom. The number of amides is 1. The molecule has 0 spiro atoms. The van der Waals surface area contributed by atoms with E-state index in [1.54, 1.807) is 13.0 Å². The zero-order chi connectivity index (χ0) is 24.2.